The molecule has 0 bridgehead atoms. The van der Waals surface area contributed by atoms with E-state index < -0.39 is 17.8 Å². The Balaban J connectivity index is 1.88. The normalized spacial score (nSPS) is 13.3. The van der Waals surface area contributed by atoms with Crippen molar-refractivity contribution in [2.75, 3.05) is 0 Å². The van der Waals surface area contributed by atoms with Crippen molar-refractivity contribution >= 4 is 40.4 Å². The summed E-state index contributed by atoms with van der Waals surface area (Å²) in [6.07, 6.45) is 0. The second-order valence-electron chi connectivity index (χ2n) is 4.31. The lowest BCUT2D eigenvalue weighted by atomic mass is 10.1. The number of rotatable bonds is 2. The van der Waals surface area contributed by atoms with Crippen LogP contribution in [-0.4, -0.2) is 22.8 Å². The van der Waals surface area contributed by atoms with E-state index in [-0.39, 0.29) is 11.1 Å². The van der Waals surface area contributed by atoms with Crippen molar-refractivity contribution < 1.29 is 19.2 Å². The Hall–Kier alpha value is -2.22. The van der Waals surface area contributed by atoms with E-state index >= 15 is 0 Å². The molecule has 104 valence electrons. The number of hydrogen-bond donors (Lipinski definition) is 0. The van der Waals surface area contributed by atoms with Gasteiger partial charge in [-0.05, 0) is 46.9 Å². The number of nitrogens with zero attached hydrogens (tertiary/aromatic N) is 1. The van der Waals surface area contributed by atoms with Crippen LogP contribution >= 0.6 is 22.6 Å². The predicted octanol–water partition coefficient (Wildman–Crippen LogP) is 2.66. The molecule has 0 unspecified atom stereocenters. The highest BCUT2D eigenvalue weighted by molar-refractivity contribution is 14.1. The van der Waals surface area contributed by atoms with Crippen molar-refractivity contribution in [2.45, 2.75) is 0 Å². The summed E-state index contributed by atoms with van der Waals surface area (Å²) in [5, 5.41) is 0.510. The highest BCUT2D eigenvalue weighted by Crippen LogP contribution is 2.23. The lowest BCUT2D eigenvalue weighted by molar-refractivity contribution is -0.0585. The van der Waals surface area contributed by atoms with Crippen molar-refractivity contribution in [3.63, 3.8) is 0 Å². The van der Waals surface area contributed by atoms with Gasteiger partial charge in [0.25, 0.3) is 11.8 Å². The third kappa shape index (κ3) is 2.31. The number of carbonyl (C=O) groups excluding carboxylic acids is 3. The maximum atomic E-state index is 12.1. The van der Waals surface area contributed by atoms with E-state index in [4.69, 9.17) is 4.84 Å². The summed E-state index contributed by atoms with van der Waals surface area (Å²) in [5.74, 6) is -2.00. The minimum absolute atomic E-state index is 0.234. The average molecular weight is 393 g/mol. The van der Waals surface area contributed by atoms with Crippen LogP contribution in [0.1, 0.15) is 31.1 Å². The van der Waals surface area contributed by atoms with Crippen molar-refractivity contribution in [3.05, 3.63) is 68.8 Å². The van der Waals surface area contributed by atoms with Gasteiger partial charge in [0.05, 0.1) is 16.7 Å². The Labute approximate surface area is 133 Å². The van der Waals surface area contributed by atoms with E-state index in [9.17, 15) is 14.4 Å². The zero-order chi connectivity index (χ0) is 15.0. The Morgan fingerprint density at radius 2 is 1.43 bits per heavy atom. The Morgan fingerprint density at radius 3 is 2.00 bits per heavy atom. The van der Waals surface area contributed by atoms with Gasteiger partial charge >= 0.3 is 5.97 Å². The molecule has 21 heavy (non-hydrogen) atoms. The van der Waals surface area contributed by atoms with E-state index in [0.29, 0.717) is 14.2 Å². The molecule has 5 nitrogen and oxygen atoms in total. The molecule has 0 saturated heterocycles. The minimum Gasteiger partial charge on any atom is -0.324 e. The van der Waals surface area contributed by atoms with Gasteiger partial charge in [0.2, 0.25) is 0 Å². The number of hydroxylamine groups is 2. The van der Waals surface area contributed by atoms with Gasteiger partial charge in [-0.1, -0.05) is 29.3 Å². The number of fused-ring (bicyclic) bond motifs is 1. The fraction of sp³-hybridized carbons (Fsp3) is 0. The Kier molecular flexibility index (Phi) is 3.46. The largest absolute Gasteiger partial charge is 0.365 e. The smallest absolute Gasteiger partial charge is 0.324 e. The summed E-state index contributed by atoms with van der Waals surface area (Å²) in [6, 6.07) is 13.1. The van der Waals surface area contributed by atoms with Crippen molar-refractivity contribution in [2.24, 2.45) is 0 Å². The van der Waals surface area contributed by atoms with Gasteiger partial charge in [0.15, 0.2) is 0 Å². The SMILES string of the molecule is O=C(ON1C(=O)c2ccccc2C1=O)c1ccccc1I. The molecule has 2 aromatic carbocycles. The summed E-state index contributed by atoms with van der Waals surface area (Å²) in [4.78, 5) is 41.2. The summed E-state index contributed by atoms with van der Waals surface area (Å²) < 4.78 is 0.678. The van der Waals surface area contributed by atoms with E-state index in [1.54, 1.807) is 36.4 Å². The average Bonchev–Trinajstić information content (AvgIpc) is 2.73. The first-order chi connectivity index (χ1) is 10.1. The van der Waals surface area contributed by atoms with E-state index in [1.165, 1.54) is 12.1 Å². The highest BCUT2D eigenvalue weighted by Gasteiger charge is 2.38. The molecule has 0 saturated carbocycles. The van der Waals surface area contributed by atoms with Crippen LogP contribution in [0.15, 0.2) is 48.5 Å². The van der Waals surface area contributed by atoms with Crippen LogP contribution in [0, 0.1) is 3.57 Å². The highest BCUT2D eigenvalue weighted by atomic mass is 127. The maximum absolute atomic E-state index is 12.1. The molecule has 1 aliphatic rings. The third-order valence-corrected chi connectivity index (χ3v) is 3.97. The lowest BCUT2D eigenvalue weighted by Crippen LogP contribution is -2.32. The van der Waals surface area contributed by atoms with Crippen LogP contribution in [0.4, 0.5) is 0 Å². The Morgan fingerprint density at radius 1 is 0.905 bits per heavy atom. The van der Waals surface area contributed by atoms with Crippen molar-refractivity contribution in [3.8, 4) is 0 Å². The van der Waals surface area contributed by atoms with Gasteiger partial charge in [-0.25, -0.2) is 4.79 Å². The second-order valence-corrected chi connectivity index (χ2v) is 5.47. The molecule has 1 aliphatic heterocycles. The van der Waals surface area contributed by atoms with Crippen LogP contribution in [0.3, 0.4) is 0 Å². The first-order valence-corrected chi connectivity index (χ1v) is 7.12. The quantitative estimate of drug-likeness (QED) is 0.582. The number of imide groups is 1. The monoisotopic (exact) mass is 393 g/mol. The molecule has 0 N–H and O–H groups in total. The summed E-state index contributed by atoms with van der Waals surface area (Å²) in [6.45, 7) is 0. The van der Waals surface area contributed by atoms with Crippen molar-refractivity contribution in [1.82, 2.24) is 5.06 Å². The lowest BCUT2D eigenvalue weighted by Gasteiger charge is -2.13. The molecule has 2 aromatic rings. The molecular formula is C15H8INO4. The first kappa shape index (κ1) is 13.7. The number of amides is 2. The molecule has 1 heterocycles. The van der Waals surface area contributed by atoms with Crippen LogP contribution in [0.2, 0.25) is 0 Å². The Bertz CT molecular complexity index is 737. The predicted molar refractivity (Wildman–Crippen MR) is 81.5 cm³/mol. The zero-order valence-corrected chi connectivity index (χ0v) is 12.7. The zero-order valence-electron chi connectivity index (χ0n) is 10.6. The van der Waals surface area contributed by atoms with Crippen LogP contribution in [-0.2, 0) is 4.84 Å². The van der Waals surface area contributed by atoms with Crippen LogP contribution in [0.25, 0.3) is 0 Å². The van der Waals surface area contributed by atoms with E-state index in [2.05, 4.69) is 0 Å². The van der Waals surface area contributed by atoms with Gasteiger partial charge in [-0.2, -0.15) is 0 Å². The van der Waals surface area contributed by atoms with Gasteiger partial charge in [-0.3, -0.25) is 9.59 Å². The fourth-order valence-corrected chi connectivity index (χ4v) is 2.62. The summed E-state index contributed by atoms with van der Waals surface area (Å²) in [5.41, 5.74) is 0.769. The molecule has 6 heteroatoms. The molecule has 2 amide bonds. The number of carbonyl (C=O) groups is 3. The molecular weight excluding hydrogens is 385 g/mol. The molecule has 3 rings (SSSR count). The summed E-state index contributed by atoms with van der Waals surface area (Å²) >= 11 is 1.98. The van der Waals surface area contributed by atoms with Gasteiger partial charge in [0, 0.05) is 3.57 Å². The topological polar surface area (TPSA) is 63.7 Å². The molecule has 0 aromatic heterocycles. The minimum atomic E-state index is -0.741. The fourth-order valence-electron chi connectivity index (χ4n) is 2.01. The third-order valence-electron chi connectivity index (χ3n) is 3.02. The number of benzene rings is 2. The molecule has 0 aliphatic carbocycles. The molecule has 0 spiro atoms. The van der Waals surface area contributed by atoms with Crippen molar-refractivity contribution in [1.29, 1.82) is 0 Å². The van der Waals surface area contributed by atoms with Crippen LogP contribution < -0.4 is 0 Å². The van der Waals surface area contributed by atoms with E-state index in [0.717, 1.165) is 0 Å². The first-order valence-electron chi connectivity index (χ1n) is 6.04. The molecule has 0 atom stereocenters. The summed E-state index contributed by atoms with van der Waals surface area (Å²) in [7, 11) is 0. The van der Waals surface area contributed by atoms with Gasteiger partial charge in [-0.15, -0.1) is 0 Å². The number of halogens is 1. The molecule has 0 fully saturated rings. The maximum Gasteiger partial charge on any atom is 0.365 e. The standard InChI is InChI=1S/C15H8INO4/c16-12-8-4-3-7-11(12)15(20)21-17-13(18)9-5-1-2-6-10(9)14(17)19/h1-8H. The van der Waals surface area contributed by atoms with E-state index in [1.807, 2.05) is 22.6 Å². The number of hydrogen-bond acceptors (Lipinski definition) is 4. The molecule has 0 radical (unpaired) electrons. The second kappa shape index (κ2) is 5.28. The van der Waals surface area contributed by atoms with Gasteiger partial charge in [0.1, 0.15) is 0 Å². The van der Waals surface area contributed by atoms with Gasteiger partial charge < -0.3 is 4.84 Å². The van der Waals surface area contributed by atoms with Crippen LogP contribution in [0.5, 0.6) is 0 Å².